The minimum absolute atomic E-state index is 0.00888. The smallest absolute Gasteiger partial charge is 0.338 e. The first kappa shape index (κ1) is 11.9. The van der Waals surface area contributed by atoms with Crippen molar-refractivity contribution >= 4 is 27.7 Å². The fraction of sp³-hybridized carbons (Fsp3) is 0.273. The zero-order valence-corrected chi connectivity index (χ0v) is 9.91. The van der Waals surface area contributed by atoms with Gasteiger partial charge in [-0.25, -0.2) is 4.79 Å². The summed E-state index contributed by atoms with van der Waals surface area (Å²) in [6.07, 6.45) is 0. The lowest BCUT2D eigenvalue weighted by molar-refractivity contribution is 0.0526. The summed E-state index contributed by atoms with van der Waals surface area (Å²) in [5, 5.41) is 0.283. The summed E-state index contributed by atoms with van der Waals surface area (Å²) in [7, 11) is 0. The molecule has 15 heavy (non-hydrogen) atoms. The number of rotatable bonds is 4. The number of carbonyl (C=O) groups is 2. The summed E-state index contributed by atoms with van der Waals surface area (Å²) in [5.74, 6) is -0.374. The zero-order valence-electron chi connectivity index (χ0n) is 8.33. The topological polar surface area (TPSA) is 43.4 Å². The van der Waals surface area contributed by atoms with E-state index >= 15 is 0 Å². The number of alkyl halides is 1. The number of ether oxygens (including phenoxy) is 1. The van der Waals surface area contributed by atoms with Crippen LogP contribution in [0.25, 0.3) is 0 Å². The van der Waals surface area contributed by atoms with Gasteiger partial charge in [-0.1, -0.05) is 28.1 Å². The van der Waals surface area contributed by atoms with Crippen molar-refractivity contribution in [2.24, 2.45) is 0 Å². The fourth-order valence-electron chi connectivity index (χ4n) is 1.08. The van der Waals surface area contributed by atoms with Crippen LogP contribution in [0, 0.1) is 0 Å². The van der Waals surface area contributed by atoms with Crippen molar-refractivity contribution in [3.63, 3.8) is 0 Å². The molecule has 1 aromatic rings. The first-order valence-electron chi connectivity index (χ1n) is 4.55. The summed E-state index contributed by atoms with van der Waals surface area (Å²) in [4.78, 5) is 22.5. The van der Waals surface area contributed by atoms with E-state index in [4.69, 9.17) is 4.74 Å². The first-order valence-corrected chi connectivity index (χ1v) is 5.67. The molecule has 4 heteroatoms. The number of carbonyl (C=O) groups excluding carboxylic acids is 2. The van der Waals surface area contributed by atoms with E-state index in [1.54, 1.807) is 31.2 Å². The van der Waals surface area contributed by atoms with Crippen molar-refractivity contribution < 1.29 is 14.3 Å². The van der Waals surface area contributed by atoms with Gasteiger partial charge < -0.3 is 4.74 Å². The maximum atomic E-state index is 11.3. The van der Waals surface area contributed by atoms with Crippen LogP contribution >= 0.6 is 15.9 Å². The largest absolute Gasteiger partial charge is 0.462 e. The zero-order chi connectivity index (χ0) is 11.3. The van der Waals surface area contributed by atoms with E-state index < -0.39 is 0 Å². The normalized spacial score (nSPS) is 9.73. The molecule has 0 atom stereocenters. The second-order valence-electron chi connectivity index (χ2n) is 2.85. The molecule has 0 amide bonds. The van der Waals surface area contributed by atoms with Crippen molar-refractivity contribution in [1.82, 2.24) is 0 Å². The van der Waals surface area contributed by atoms with Crippen molar-refractivity contribution in [3.05, 3.63) is 35.4 Å². The SMILES string of the molecule is CCOC(=O)c1ccc(C(=O)CBr)cc1. The molecule has 0 saturated heterocycles. The number of hydrogen-bond donors (Lipinski definition) is 0. The van der Waals surface area contributed by atoms with Crippen LogP contribution in [0.5, 0.6) is 0 Å². The van der Waals surface area contributed by atoms with Crippen molar-refractivity contribution in [1.29, 1.82) is 0 Å². The number of hydrogen-bond acceptors (Lipinski definition) is 3. The number of esters is 1. The van der Waals surface area contributed by atoms with E-state index in [-0.39, 0.29) is 17.1 Å². The lowest BCUT2D eigenvalue weighted by Gasteiger charge is -2.02. The molecule has 0 radical (unpaired) electrons. The molecule has 1 aromatic carbocycles. The van der Waals surface area contributed by atoms with Crippen LogP contribution in [-0.4, -0.2) is 23.7 Å². The molecule has 0 fully saturated rings. The van der Waals surface area contributed by atoms with Gasteiger partial charge in [0, 0.05) is 5.56 Å². The van der Waals surface area contributed by atoms with Gasteiger partial charge in [0.05, 0.1) is 17.5 Å². The van der Waals surface area contributed by atoms with Gasteiger partial charge in [-0.15, -0.1) is 0 Å². The van der Waals surface area contributed by atoms with Crippen molar-refractivity contribution in [2.45, 2.75) is 6.92 Å². The van der Waals surface area contributed by atoms with Gasteiger partial charge in [-0.3, -0.25) is 4.79 Å². The average Bonchev–Trinajstić information content (AvgIpc) is 2.28. The molecule has 1 rings (SSSR count). The highest BCUT2D eigenvalue weighted by Gasteiger charge is 2.08. The summed E-state index contributed by atoms with van der Waals surface area (Å²) in [5.41, 5.74) is 1.04. The predicted octanol–water partition coefficient (Wildman–Crippen LogP) is 2.44. The molecule has 0 unspecified atom stereocenters. The summed E-state index contributed by atoms with van der Waals surface area (Å²) < 4.78 is 4.82. The second kappa shape index (κ2) is 5.66. The highest BCUT2D eigenvalue weighted by atomic mass is 79.9. The summed E-state index contributed by atoms with van der Waals surface area (Å²) in [6, 6.07) is 6.42. The molecular formula is C11H11BrO3. The Morgan fingerprint density at radius 1 is 1.20 bits per heavy atom. The van der Waals surface area contributed by atoms with Gasteiger partial charge in [-0.2, -0.15) is 0 Å². The third-order valence-electron chi connectivity index (χ3n) is 1.84. The molecule has 0 bridgehead atoms. The highest BCUT2D eigenvalue weighted by Crippen LogP contribution is 2.07. The van der Waals surface area contributed by atoms with Gasteiger partial charge in [0.2, 0.25) is 0 Å². The monoisotopic (exact) mass is 270 g/mol. The van der Waals surface area contributed by atoms with Crippen LogP contribution in [0.3, 0.4) is 0 Å². The van der Waals surface area contributed by atoms with Crippen LogP contribution < -0.4 is 0 Å². The van der Waals surface area contributed by atoms with Crippen LogP contribution in [-0.2, 0) is 4.74 Å². The Kier molecular flexibility index (Phi) is 4.49. The molecule has 3 nitrogen and oxygen atoms in total. The quantitative estimate of drug-likeness (QED) is 0.480. The molecule has 0 spiro atoms. The highest BCUT2D eigenvalue weighted by molar-refractivity contribution is 9.09. The predicted molar refractivity (Wildman–Crippen MR) is 60.5 cm³/mol. The first-order chi connectivity index (χ1) is 7.19. The Bertz CT molecular complexity index is 357. The lowest BCUT2D eigenvalue weighted by Crippen LogP contribution is -2.05. The number of Topliss-reactive ketones (excluding diaryl/α,β-unsaturated/α-hetero) is 1. The second-order valence-corrected chi connectivity index (χ2v) is 3.42. The van der Waals surface area contributed by atoms with Gasteiger partial charge in [0.25, 0.3) is 0 Å². The molecule has 80 valence electrons. The summed E-state index contributed by atoms with van der Waals surface area (Å²) >= 11 is 3.08. The minimum atomic E-state index is -0.365. The molecular weight excluding hydrogens is 260 g/mol. The fourth-order valence-corrected chi connectivity index (χ4v) is 1.41. The molecule has 0 aliphatic carbocycles. The van der Waals surface area contributed by atoms with E-state index in [0.717, 1.165) is 0 Å². The van der Waals surface area contributed by atoms with Crippen molar-refractivity contribution in [2.75, 3.05) is 11.9 Å². The van der Waals surface area contributed by atoms with Crippen LogP contribution in [0.15, 0.2) is 24.3 Å². The maximum Gasteiger partial charge on any atom is 0.338 e. The van der Waals surface area contributed by atoms with E-state index in [1.807, 2.05) is 0 Å². The van der Waals surface area contributed by atoms with E-state index in [2.05, 4.69) is 15.9 Å². The molecule has 0 aromatic heterocycles. The van der Waals surface area contributed by atoms with Gasteiger partial charge in [0.1, 0.15) is 0 Å². The third-order valence-corrected chi connectivity index (χ3v) is 2.35. The molecule has 0 aliphatic rings. The van der Waals surface area contributed by atoms with Crippen LogP contribution in [0.2, 0.25) is 0 Å². The van der Waals surface area contributed by atoms with E-state index in [0.29, 0.717) is 17.7 Å². The van der Waals surface area contributed by atoms with Gasteiger partial charge in [0.15, 0.2) is 5.78 Å². The number of halogens is 1. The Hall–Kier alpha value is -1.16. The summed E-state index contributed by atoms with van der Waals surface area (Å²) in [6.45, 7) is 2.10. The maximum absolute atomic E-state index is 11.3. The molecule has 0 heterocycles. The van der Waals surface area contributed by atoms with Gasteiger partial charge in [-0.05, 0) is 19.1 Å². The van der Waals surface area contributed by atoms with E-state index in [9.17, 15) is 9.59 Å². The van der Waals surface area contributed by atoms with Crippen LogP contribution in [0.4, 0.5) is 0 Å². The Morgan fingerprint density at radius 3 is 2.20 bits per heavy atom. The number of ketones is 1. The average molecular weight is 271 g/mol. The van der Waals surface area contributed by atoms with E-state index in [1.165, 1.54) is 0 Å². The van der Waals surface area contributed by atoms with Crippen molar-refractivity contribution in [3.8, 4) is 0 Å². The third kappa shape index (κ3) is 3.16. The molecule has 0 N–H and O–H groups in total. The lowest BCUT2D eigenvalue weighted by atomic mass is 10.1. The minimum Gasteiger partial charge on any atom is -0.462 e. The standard InChI is InChI=1S/C11H11BrO3/c1-2-15-11(14)9-5-3-8(4-6-9)10(13)7-12/h3-6H,2,7H2,1H3. The molecule has 0 aliphatic heterocycles. The Morgan fingerprint density at radius 2 is 1.73 bits per heavy atom. The molecule has 0 saturated carbocycles. The van der Waals surface area contributed by atoms with Gasteiger partial charge >= 0.3 is 5.97 Å². The number of benzene rings is 1. The van der Waals surface area contributed by atoms with Crippen LogP contribution in [0.1, 0.15) is 27.6 Å². The Balaban J connectivity index is 2.80. The Labute approximate surface area is 96.6 Å².